The number of rotatable bonds is 8. The molecule has 0 aromatic rings. The predicted octanol–water partition coefficient (Wildman–Crippen LogP) is 3.23. The Kier molecular flexibility index (Phi) is 9.23. The zero-order valence-electron chi connectivity index (χ0n) is 7.99. The molecule has 0 aliphatic heterocycles. The second-order valence-electron chi connectivity index (χ2n) is 3.30. The molecular weight excluding hydrogens is 174 g/mol. The Morgan fingerprint density at radius 1 is 1.08 bits per heavy atom. The van der Waals surface area contributed by atoms with Crippen molar-refractivity contribution >= 4 is 9.52 Å². The minimum atomic E-state index is -2.06. The third kappa shape index (κ3) is 10.1. The molecule has 0 aromatic carbocycles. The van der Waals surface area contributed by atoms with Gasteiger partial charge in [0.05, 0.1) is 0 Å². The van der Waals surface area contributed by atoms with E-state index < -0.39 is 6.43 Å². The van der Waals surface area contributed by atoms with Crippen molar-refractivity contribution in [2.45, 2.75) is 57.5 Å². The molecule has 0 nitrogen and oxygen atoms in total. The molecule has 0 heterocycles. The summed E-state index contributed by atoms with van der Waals surface area (Å²) in [6.45, 7) is 2.19. The zero-order chi connectivity index (χ0) is 9.23. The Balaban J connectivity index is 2.82. The minimum Gasteiger partial charge on any atom is -0.211 e. The molecule has 0 saturated carbocycles. The van der Waals surface area contributed by atoms with Crippen molar-refractivity contribution in [1.29, 1.82) is 0 Å². The van der Waals surface area contributed by atoms with Crippen LogP contribution in [0.5, 0.6) is 0 Å². The predicted molar refractivity (Wildman–Crippen MR) is 52.9 cm³/mol. The van der Waals surface area contributed by atoms with Crippen LogP contribution in [0.2, 0.25) is 12.1 Å². The molecule has 12 heavy (non-hydrogen) atoms. The number of hydrogen-bond acceptors (Lipinski definition) is 0. The normalized spacial score (nSPS) is 12.0. The first kappa shape index (κ1) is 12.1. The largest absolute Gasteiger partial charge is 0.238 e. The Hall–Kier alpha value is 0.0769. The van der Waals surface area contributed by atoms with Crippen molar-refractivity contribution < 1.29 is 8.78 Å². The van der Waals surface area contributed by atoms with Crippen molar-refractivity contribution in [2.24, 2.45) is 0 Å². The lowest BCUT2D eigenvalue weighted by atomic mass is 10.2. The fraction of sp³-hybridized carbons (Fsp3) is 1.00. The van der Waals surface area contributed by atoms with E-state index in [4.69, 9.17) is 0 Å². The summed E-state index contributed by atoms with van der Waals surface area (Å²) in [7, 11) is -0.139. The maximum atomic E-state index is 11.7. The second-order valence-corrected chi connectivity index (χ2v) is 5.42. The number of halogens is 2. The molecule has 0 radical (unpaired) electrons. The van der Waals surface area contributed by atoms with E-state index in [0.717, 1.165) is 6.04 Å². The van der Waals surface area contributed by atoms with Crippen LogP contribution in [0.1, 0.15) is 39.0 Å². The molecule has 0 saturated heterocycles. The summed E-state index contributed by atoms with van der Waals surface area (Å²) in [6, 6.07) is 2.11. The first-order valence-corrected chi connectivity index (χ1v) is 7.05. The summed E-state index contributed by atoms with van der Waals surface area (Å²) >= 11 is 0. The SMILES string of the molecule is CCCCCC[SiH2]CCC(F)F. The lowest BCUT2D eigenvalue weighted by Crippen LogP contribution is -1.95. The molecule has 0 aliphatic carbocycles. The smallest absolute Gasteiger partial charge is 0.211 e. The molecule has 0 aromatic heterocycles. The minimum absolute atomic E-state index is 0.139. The van der Waals surface area contributed by atoms with Gasteiger partial charge in [0.15, 0.2) is 0 Å². The number of unbranched alkanes of at least 4 members (excludes halogenated alkanes) is 3. The molecule has 0 aliphatic rings. The Labute approximate surface area is 76.6 Å². The highest BCUT2D eigenvalue weighted by Gasteiger charge is 2.00. The highest BCUT2D eigenvalue weighted by molar-refractivity contribution is 6.35. The molecular formula is C9H20F2Si. The Morgan fingerprint density at radius 3 is 2.42 bits per heavy atom. The van der Waals surface area contributed by atoms with Gasteiger partial charge in [-0.25, -0.2) is 8.78 Å². The lowest BCUT2D eigenvalue weighted by Gasteiger charge is -1.99. The summed E-state index contributed by atoms with van der Waals surface area (Å²) in [5.74, 6) is 0. The van der Waals surface area contributed by atoms with Gasteiger partial charge in [0.1, 0.15) is 0 Å². The van der Waals surface area contributed by atoms with Crippen LogP contribution in [0, 0.1) is 0 Å². The second kappa shape index (κ2) is 9.17. The van der Waals surface area contributed by atoms with E-state index >= 15 is 0 Å². The molecule has 3 heteroatoms. The lowest BCUT2D eigenvalue weighted by molar-refractivity contribution is 0.144. The Morgan fingerprint density at radius 2 is 1.83 bits per heavy atom. The van der Waals surface area contributed by atoms with Crippen LogP contribution in [-0.4, -0.2) is 15.9 Å². The fourth-order valence-electron chi connectivity index (χ4n) is 1.26. The van der Waals surface area contributed by atoms with Crippen LogP contribution in [0.4, 0.5) is 8.78 Å². The third-order valence-corrected chi connectivity index (χ3v) is 3.93. The number of alkyl halides is 2. The molecule has 74 valence electrons. The molecule has 0 unspecified atom stereocenters. The van der Waals surface area contributed by atoms with Crippen LogP contribution in [0.25, 0.3) is 0 Å². The van der Waals surface area contributed by atoms with Crippen molar-refractivity contribution in [2.75, 3.05) is 0 Å². The van der Waals surface area contributed by atoms with Crippen molar-refractivity contribution in [3.05, 3.63) is 0 Å². The molecule has 0 N–H and O–H groups in total. The van der Waals surface area contributed by atoms with Crippen LogP contribution in [-0.2, 0) is 0 Å². The van der Waals surface area contributed by atoms with E-state index in [0.29, 0.717) is 0 Å². The van der Waals surface area contributed by atoms with Gasteiger partial charge in [-0.05, 0) is 0 Å². The molecule has 0 atom stereocenters. The average molecular weight is 194 g/mol. The molecule has 0 spiro atoms. The van der Waals surface area contributed by atoms with Gasteiger partial charge in [0, 0.05) is 15.9 Å². The quantitative estimate of drug-likeness (QED) is 0.411. The van der Waals surface area contributed by atoms with E-state index in [2.05, 4.69) is 6.92 Å². The van der Waals surface area contributed by atoms with Gasteiger partial charge >= 0.3 is 0 Å². The van der Waals surface area contributed by atoms with Gasteiger partial charge in [0.2, 0.25) is 6.43 Å². The zero-order valence-corrected chi connectivity index (χ0v) is 9.40. The van der Waals surface area contributed by atoms with Gasteiger partial charge in [-0.2, -0.15) is 0 Å². The highest BCUT2D eigenvalue weighted by Crippen LogP contribution is 2.07. The summed E-state index contributed by atoms with van der Waals surface area (Å²) in [5, 5.41) is 0. The van der Waals surface area contributed by atoms with Crippen LogP contribution >= 0.6 is 0 Å². The first-order valence-electron chi connectivity index (χ1n) is 5.05. The van der Waals surface area contributed by atoms with Gasteiger partial charge < -0.3 is 0 Å². The maximum absolute atomic E-state index is 11.7. The summed E-state index contributed by atoms with van der Waals surface area (Å²) in [4.78, 5) is 0. The van der Waals surface area contributed by atoms with Gasteiger partial charge in [-0.3, -0.25) is 0 Å². The molecule has 0 bridgehead atoms. The van der Waals surface area contributed by atoms with E-state index in [1.807, 2.05) is 0 Å². The summed E-state index contributed by atoms with van der Waals surface area (Å²) < 4.78 is 23.4. The highest BCUT2D eigenvalue weighted by atomic mass is 28.2. The Bertz CT molecular complexity index is 86.6. The maximum Gasteiger partial charge on any atom is 0.238 e. The summed E-state index contributed by atoms with van der Waals surface area (Å²) in [5.41, 5.74) is 0. The monoisotopic (exact) mass is 194 g/mol. The third-order valence-electron chi connectivity index (χ3n) is 2.03. The molecule has 0 rings (SSSR count). The van der Waals surface area contributed by atoms with Crippen molar-refractivity contribution in [1.82, 2.24) is 0 Å². The fourth-order valence-corrected chi connectivity index (χ4v) is 2.91. The van der Waals surface area contributed by atoms with Crippen LogP contribution in [0.15, 0.2) is 0 Å². The van der Waals surface area contributed by atoms with E-state index in [1.54, 1.807) is 0 Å². The number of hydrogen-bond donors (Lipinski definition) is 0. The van der Waals surface area contributed by atoms with E-state index in [-0.39, 0.29) is 15.9 Å². The van der Waals surface area contributed by atoms with Crippen LogP contribution < -0.4 is 0 Å². The van der Waals surface area contributed by atoms with Crippen molar-refractivity contribution in [3.8, 4) is 0 Å². The first-order chi connectivity index (χ1) is 5.77. The van der Waals surface area contributed by atoms with Gasteiger partial charge in [0.25, 0.3) is 0 Å². The summed E-state index contributed by atoms with van der Waals surface area (Å²) in [6.07, 6.45) is 3.25. The van der Waals surface area contributed by atoms with Crippen LogP contribution in [0.3, 0.4) is 0 Å². The van der Waals surface area contributed by atoms with Gasteiger partial charge in [-0.1, -0.05) is 44.7 Å². The van der Waals surface area contributed by atoms with Gasteiger partial charge in [-0.15, -0.1) is 0 Å². The van der Waals surface area contributed by atoms with E-state index in [9.17, 15) is 8.78 Å². The topological polar surface area (TPSA) is 0 Å². The average Bonchev–Trinajstić information content (AvgIpc) is 2.02. The molecule has 0 fully saturated rings. The van der Waals surface area contributed by atoms with E-state index in [1.165, 1.54) is 31.7 Å². The molecule has 0 amide bonds. The van der Waals surface area contributed by atoms with Crippen molar-refractivity contribution in [3.63, 3.8) is 0 Å². The standard InChI is InChI=1S/C9H20F2Si/c1-2-3-4-5-7-12-8-6-9(10)11/h9H,2-8,12H2,1H3.